The van der Waals surface area contributed by atoms with E-state index in [0.717, 1.165) is 30.4 Å². The Morgan fingerprint density at radius 1 is 0.964 bits per heavy atom. The van der Waals surface area contributed by atoms with Crippen LogP contribution in [0.3, 0.4) is 0 Å². The minimum Gasteiger partial charge on any atom is -0.445 e. The zero-order valence-corrected chi connectivity index (χ0v) is 16.7. The number of unbranched alkanes of at least 4 members (excludes halogenated alkanes) is 1. The van der Waals surface area contributed by atoms with Crippen LogP contribution in [0.5, 0.6) is 0 Å². The lowest BCUT2D eigenvalue weighted by Gasteiger charge is -2.20. The Balaban J connectivity index is 1.83. The van der Waals surface area contributed by atoms with Crippen molar-refractivity contribution < 1.29 is 14.3 Å². The van der Waals surface area contributed by atoms with Gasteiger partial charge in [-0.1, -0.05) is 80.4 Å². The van der Waals surface area contributed by atoms with Gasteiger partial charge in [0.15, 0.2) is 0 Å². The predicted molar refractivity (Wildman–Crippen MR) is 111 cm³/mol. The first-order valence-electron chi connectivity index (χ1n) is 9.90. The van der Waals surface area contributed by atoms with Crippen molar-refractivity contribution in [3.63, 3.8) is 0 Å². The Morgan fingerprint density at radius 3 is 2.25 bits per heavy atom. The van der Waals surface area contributed by atoms with Gasteiger partial charge in [0.05, 0.1) is 6.04 Å². The minimum absolute atomic E-state index is 0.0782. The molecule has 0 aromatic heterocycles. The Labute approximate surface area is 167 Å². The summed E-state index contributed by atoms with van der Waals surface area (Å²) in [6.07, 6.45) is 2.42. The number of benzene rings is 2. The first kappa shape index (κ1) is 21.5. The molecular weight excluding hydrogens is 352 g/mol. The van der Waals surface area contributed by atoms with Crippen LogP contribution < -0.4 is 10.6 Å². The molecule has 0 aliphatic carbocycles. The second kappa shape index (κ2) is 11.8. The molecule has 0 aliphatic heterocycles. The van der Waals surface area contributed by atoms with Crippen LogP contribution in [0.2, 0.25) is 0 Å². The smallest absolute Gasteiger partial charge is 0.407 e. The summed E-state index contributed by atoms with van der Waals surface area (Å²) in [5, 5.41) is 5.85. The highest BCUT2D eigenvalue weighted by atomic mass is 16.5. The molecule has 2 aromatic rings. The number of amides is 2. The van der Waals surface area contributed by atoms with Crippen molar-refractivity contribution >= 4 is 12.0 Å². The van der Waals surface area contributed by atoms with Gasteiger partial charge in [0.2, 0.25) is 5.91 Å². The van der Waals surface area contributed by atoms with E-state index in [2.05, 4.69) is 17.6 Å². The Bertz CT molecular complexity index is 719. The molecule has 0 radical (unpaired) electrons. The summed E-state index contributed by atoms with van der Waals surface area (Å²) in [6.45, 7) is 4.25. The van der Waals surface area contributed by atoms with Crippen LogP contribution in [0, 0.1) is 0 Å². The van der Waals surface area contributed by atoms with Gasteiger partial charge in [-0.25, -0.2) is 4.79 Å². The SMILES string of the molecule is CCCC[C@@H](CC(=O)N[C@H](C)c1ccccc1)NC(=O)OCc1ccccc1. The molecule has 2 atom stereocenters. The third-order valence-electron chi connectivity index (χ3n) is 4.55. The van der Waals surface area contributed by atoms with Crippen LogP contribution in [0.1, 0.15) is 56.7 Å². The molecule has 150 valence electrons. The number of carbonyl (C=O) groups excluding carboxylic acids is 2. The van der Waals surface area contributed by atoms with Gasteiger partial charge < -0.3 is 15.4 Å². The molecule has 0 bridgehead atoms. The molecule has 0 aliphatic rings. The van der Waals surface area contributed by atoms with Crippen LogP contribution >= 0.6 is 0 Å². The first-order valence-corrected chi connectivity index (χ1v) is 9.90. The predicted octanol–water partition coefficient (Wildman–Crippen LogP) is 4.74. The Kier molecular flexibility index (Phi) is 9.05. The largest absolute Gasteiger partial charge is 0.445 e. The highest BCUT2D eigenvalue weighted by Gasteiger charge is 2.18. The molecule has 0 saturated heterocycles. The molecule has 0 saturated carbocycles. The molecule has 5 heteroatoms. The number of hydrogen-bond donors (Lipinski definition) is 2. The number of hydrogen-bond acceptors (Lipinski definition) is 3. The molecule has 2 aromatic carbocycles. The molecule has 0 heterocycles. The van der Waals surface area contributed by atoms with Gasteiger partial charge in [0.25, 0.3) is 0 Å². The standard InChI is InChI=1S/C23H30N2O3/c1-3-4-15-21(25-23(27)28-17-19-11-7-5-8-12-19)16-22(26)24-18(2)20-13-9-6-10-14-20/h5-14,18,21H,3-4,15-17H2,1-2H3,(H,24,26)(H,25,27)/t18-,21+/m1/s1. The van der Waals surface area contributed by atoms with E-state index < -0.39 is 6.09 Å². The summed E-state index contributed by atoms with van der Waals surface area (Å²) in [5.41, 5.74) is 1.98. The average molecular weight is 383 g/mol. The number of ether oxygens (including phenoxy) is 1. The summed E-state index contributed by atoms with van der Waals surface area (Å²) < 4.78 is 5.29. The van der Waals surface area contributed by atoms with Gasteiger partial charge in [-0.2, -0.15) is 0 Å². The van der Waals surface area contributed by atoms with Gasteiger partial charge in [0, 0.05) is 12.5 Å². The number of carbonyl (C=O) groups is 2. The molecule has 0 spiro atoms. The fraction of sp³-hybridized carbons (Fsp3) is 0.391. The minimum atomic E-state index is -0.492. The second-order valence-corrected chi connectivity index (χ2v) is 6.95. The maximum Gasteiger partial charge on any atom is 0.407 e. The molecule has 0 unspecified atom stereocenters. The molecular formula is C23H30N2O3. The van der Waals surface area contributed by atoms with Gasteiger partial charge >= 0.3 is 6.09 Å². The van der Waals surface area contributed by atoms with Gasteiger partial charge in [-0.05, 0) is 24.5 Å². The molecule has 5 nitrogen and oxygen atoms in total. The van der Waals surface area contributed by atoms with E-state index in [1.54, 1.807) is 0 Å². The zero-order valence-electron chi connectivity index (χ0n) is 16.7. The van der Waals surface area contributed by atoms with Crippen LogP contribution in [0.25, 0.3) is 0 Å². The summed E-state index contributed by atoms with van der Waals surface area (Å²) in [6, 6.07) is 19.0. The van der Waals surface area contributed by atoms with Crippen molar-refractivity contribution in [2.75, 3.05) is 0 Å². The Morgan fingerprint density at radius 2 is 1.61 bits per heavy atom. The van der Waals surface area contributed by atoms with Crippen LogP contribution in [-0.2, 0) is 16.1 Å². The quantitative estimate of drug-likeness (QED) is 0.624. The highest BCUT2D eigenvalue weighted by molar-refractivity contribution is 5.78. The van der Waals surface area contributed by atoms with E-state index >= 15 is 0 Å². The zero-order chi connectivity index (χ0) is 20.2. The normalized spacial score (nSPS) is 12.6. The lowest BCUT2D eigenvalue weighted by Crippen LogP contribution is -2.40. The van der Waals surface area contributed by atoms with Crippen LogP contribution in [0.4, 0.5) is 4.79 Å². The fourth-order valence-electron chi connectivity index (χ4n) is 2.96. The number of alkyl carbamates (subject to hydrolysis) is 1. The lowest BCUT2D eigenvalue weighted by molar-refractivity contribution is -0.122. The third kappa shape index (κ3) is 7.82. The van der Waals surface area contributed by atoms with Crippen molar-refractivity contribution in [1.82, 2.24) is 10.6 Å². The summed E-state index contributed by atoms with van der Waals surface area (Å²) in [4.78, 5) is 24.6. The van der Waals surface area contributed by atoms with E-state index in [-0.39, 0.29) is 31.0 Å². The first-order chi connectivity index (χ1) is 13.6. The third-order valence-corrected chi connectivity index (χ3v) is 4.55. The van der Waals surface area contributed by atoms with Crippen molar-refractivity contribution in [1.29, 1.82) is 0 Å². The molecule has 0 fully saturated rings. The van der Waals surface area contributed by atoms with E-state index in [0.29, 0.717) is 0 Å². The lowest BCUT2D eigenvalue weighted by atomic mass is 10.0. The van der Waals surface area contributed by atoms with Crippen LogP contribution in [-0.4, -0.2) is 18.0 Å². The molecule has 2 rings (SSSR count). The summed E-state index contributed by atoms with van der Waals surface area (Å²) in [7, 11) is 0. The number of rotatable bonds is 10. The van der Waals surface area contributed by atoms with Gasteiger partial charge in [0.1, 0.15) is 6.61 Å². The topological polar surface area (TPSA) is 67.4 Å². The van der Waals surface area contributed by atoms with Crippen molar-refractivity contribution in [2.45, 2.75) is 58.2 Å². The molecule has 2 amide bonds. The van der Waals surface area contributed by atoms with Gasteiger partial charge in [-0.3, -0.25) is 4.79 Å². The van der Waals surface area contributed by atoms with E-state index in [9.17, 15) is 9.59 Å². The van der Waals surface area contributed by atoms with Crippen molar-refractivity contribution in [3.8, 4) is 0 Å². The second-order valence-electron chi connectivity index (χ2n) is 6.95. The van der Waals surface area contributed by atoms with E-state index in [4.69, 9.17) is 4.74 Å². The fourth-order valence-corrected chi connectivity index (χ4v) is 2.96. The monoisotopic (exact) mass is 382 g/mol. The van der Waals surface area contributed by atoms with Crippen LogP contribution in [0.15, 0.2) is 60.7 Å². The maximum absolute atomic E-state index is 12.5. The maximum atomic E-state index is 12.5. The molecule has 28 heavy (non-hydrogen) atoms. The summed E-state index contributed by atoms with van der Waals surface area (Å²) >= 11 is 0. The highest BCUT2D eigenvalue weighted by Crippen LogP contribution is 2.12. The summed E-state index contributed by atoms with van der Waals surface area (Å²) in [5.74, 6) is -0.0826. The number of nitrogens with one attached hydrogen (secondary N) is 2. The molecule has 2 N–H and O–H groups in total. The van der Waals surface area contributed by atoms with Crippen molar-refractivity contribution in [3.05, 3.63) is 71.8 Å². The Hall–Kier alpha value is -2.82. The van der Waals surface area contributed by atoms with E-state index in [1.807, 2.05) is 67.6 Å². The van der Waals surface area contributed by atoms with Gasteiger partial charge in [-0.15, -0.1) is 0 Å². The van der Waals surface area contributed by atoms with E-state index in [1.165, 1.54) is 0 Å². The average Bonchev–Trinajstić information content (AvgIpc) is 2.71. The van der Waals surface area contributed by atoms with Crippen molar-refractivity contribution in [2.24, 2.45) is 0 Å².